The molecule has 1 aliphatic heterocycles. The number of aliphatic hydroxyl groups is 1. The molecule has 1 fully saturated rings. The number of rotatable bonds is 3. The molecule has 0 aromatic heterocycles. The van der Waals surface area contributed by atoms with E-state index in [1.165, 1.54) is 0 Å². The summed E-state index contributed by atoms with van der Waals surface area (Å²) in [5, 5.41) is 10.1. The Kier molecular flexibility index (Phi) is 3.77. The van der Waals surface area contributed by atoms with Crippen molar-refractivity contribution < 1.29 is 9.84 Å². The van der Waals surface area contributed by atoms with E-state index in [0.717, 1.165) is 31.9 Å². The van der Waals surface area contributed by atoms with Crippen LogP contribution in [-0.2, 0) is 4.74 Å². The first-order valence-corrected chi connectivity index (χ1v) is 5.59. The fraction of sp³-hybridized carbons (Fsp3) is 0.500. The molecule has 1 saturated heterocycles. The topological polar surface area (TPSA) is 58.7 Å². The summed E-state index contributed by atoms with van der Waals surface area (Å²) >= 11 is 0. The molecule has 0 aliphatic carbocycles. The van der Waals surface area contributed by atoms with E-state index in [1.54, 1.807) is 0 Å². The van der Waals surface area contributed by atoms with Crippen molar-refractivity contribution in [2.75, 3.05) is 38.6 Å². The van der Waals surface area contributed by atoms with Gasteiger partial charge in [-0.3, -0.25) is 4.90 Å². The van der Waals surface area contributed by atoms with Crippen molar-refractivity contribution >= 4 is 5.69 Å². The highest BCUT2D eigenvalue weighted by Gasteiger charge is 2.15. The Hall–Kier alpha value is -1.10. The molecule has 16 heavy (non-hydrogen) atoms. The Bertz CT molecular complexity index is 338. The Morgan fingerprint density at radius 1 is 1.38 bits per heavy atom. The van der Waals surface area contributed by atoms with Gasteiger partial charge in [0, 0.05) is 25.3 Å². The molecule has 0 amide bonds. The van der Waals surface area contributed by atoms with Crippen LogP contribution in [0.15, 0.2) is 24.3 Å². The molecule has 1 aromatic rings. The van der Waals surface area contributed by atoms with E-state index in [2.05, 4.69) is 4.90 Å². The zero-order chi connectivity index (χ0) is 11.4. The summed E-state index contributed by atoms with van der Waals surface area (Å²) < 4.78 is 5.26. The average molecular weight is 222 g/mol. The van der Waals surface area contributed by atoms with Crippen LogP contribution in [0.5, 0.6) is 0 Å². The van der Waals surface area contributed by atoms with Gasteiger partial charge in [0.1, 0.15) is 0 Å². The fourth-order valence-electron chi connectivity index (χ4n) is 1.90. The molecule has 0 bridgehead atoms. The number of anilines is 1. The van der Waals surface area contributed by atoms with Gasteiger partial charge in [-0.25, -0.2) is 0 Å². The zero-order valence-corrected chi connectivity index (χ0v) is 9.30. The lowest BCUT2D eigenvalue weighted by Gasteiger charge is -2.28. The highest BCUT2D eigenvalue weighted by molar-refractivity contribution is 5.41. The smallest absolute Gasteiger partial charge is 0.0917 e. The van der Waals surface area contributed by atoms with Crippen LogP contribution in [0.4, 0.5) is 5.69 Å². The molecule has 1 heterocycles. The molecule has 1 aliphatic rings. The summed E-state index contributed by atoms with van der Waals surface area (Å²) in [6, 6.07) is 7.42. The number of ether oxygens (including phenoxy) is 1. The minimum Gasteiger partial charge on any atom is -0.399 e. The number of β-amino-alcohol motifs (C(OH)–C–C–N with tert-alkyl or cyclic N) is 1. The van der Waals surface area contributed by atoms with Crippen LogP contribution in [-0.4, -0.2) is 42.9 Å². The van der Waals surface area contributed by atoms with Gasteiger partial charge in [0.25, 0.3) is 0 Å². The lowest BCUT2D eigenvalue weighted by atomic mass is 10.1. The summed E-state index contributed by atoms with van der Waals surface area (Å²) in [5.74, 6) is 0. The molecule has 4 nitrogen and oxygen atoms in total. The van der Waals surface area contributed by atoms with Gasteiger partial charge in [-0.15, -0.1) is 0 Å². The molecule has 0 spiro atoms. The highest BCUT2D eigenvalue weighted by Crippen LogP contribution is 2.17. The van der Waals surface area contributed by atoms with Crippen molar-refractivity contribution in [3.05, 3.63) is 29.8 Å². The van der Waals surface area contributed by atoms with Crippen molar-refractivity contribution in [3.63, 3.8) is 0 Å². The van der Waals surface area contributed by atoms with E-state index >= 15 is 0 Å². The van der Waals surface area contributed by atoms with E-state index in [0.29, 0.717) is 12.2 Å². The largest absolute Gasteiger partial charge is 0.399 e. The Balaban J connectivity index is 1.94. The zero-order valence-electron chi connectivity index (χ0n) is 9.30. The van der Waals surface area contributed by atoms with Gasteiger partial charge in [-0.1, -0.05) is 12.1 Å². The molecule has 0 radical (unpaired) electrons. The van der Waals surface area contributed by atoms with Crippen LogP contribution in [0, 0.1) is 0 Å². The second-order valence-corrected chi connectivity index (χ2v) is 4.10. The first-order chi connectivity index (χ1) is 7.75. The highest BCUT2D eigenvalue weighted by atomic mass is 16.5. The minimum atomic E-state index is -0.471. The molecule has 2 rings (SSSR count). The maximum Gasteiger partial charge on any atom is 0.0917 e. The number of hydrogen-bond acceptors (Lipinski definition) is 4. The van der Waals surface area contributed by atoms with Gasteiger partial charge in [-0.05, 0) is 17.7 Å². The SMILES string of the molecule is Nc1cccc(C(O)CN2CCOCC2)c1. The van der Waals surface area contributed by atoms with E-state index in [9.17, 15) is 5.11 Å². The molecular formula is C12H18N2O2. The third-order valence-electron chi connectivity index (χ3n) is 2.83. The summed E-state index contributed by atoms with van der Waals surface area (Å²) in [6.45, 7) is 3.93. The van der Waals surface area contributed by atoms with Crippen molar-refractivity contribution in [2.45, 2.75) is 6.10 Å². The summed E-state index contributed by atoms with van der Waals surface area (Å²) in [6.07, 6.45) is -0.471. The first kappa shape index (κ1) is 11.4. The van der Waals surface area contributed by atoms with Crippen LogP contribution < -0.4 is 5.73 Å². The Labute approximate surface area is 95.6 Å². The van der Waals surface area contributed by atoms with Gasteiger partial charge in [-0.2, -0.15) is 0 Å². The number of morpholine rings is 1. The minimum absolute atomic E-state index is 0.471. The van der Waals surface area contributed by atoms with Gasteiger partial charge in [0.05, 0.1) is 19.3 Å². The van der Waals surface area contributed by atoms with Crippen LogP contribution in [0.1, 0.15) is 11.7 Å². The number of hydrogen-bond donors (Lipinski definition) is 2. The lowest BCUT2D eigenvalue weighted by Crippen LogP contribution is -2.38. The predicted molar refractivity (Wildman–Crippen MR) is 63.1 cm³/mol. The second kappa shape index (κ2) is 5.30. The monoisotopic (exact) mass is 222 g/mol. The standard InChI is InChI=1S/C12H18N2O2/c13-11-3-1-2-10(8-11)12(15)9-14-4-6-16-7-5-14/h1-3,8,12,15H,4-7,9,13H2. The molecule has 1 unspecified atom stereocenters. The van der Waals surface area contributed by atoms with Crippen LogP contribution in [0.2, 0.25) is 0 Å². The molecule has 1 atom stereocenters. The molecule has 0 saturated carbocycles. The number of aliphatic hydroxyl groups excluding tert-OH is 1. The van der Waals surface area contributed by atoms with E-state index < -0.39 is 6.10 Å². The van der Waals surface area contributed by atoms with Crippen molar-refractivity contribution in [1.29, 1.82) is 0 Å². The quantitative estimate of drug-likeness (QED) is 0.737. The second-order valence-electron chi connectivity index (χ2n) is 4.10. The number of nitrogens with two attached hydrogens (primary N) is 1. The van der Waals surface area contributed by atoms with E-state index in [4.69, 9.17) is 10.5 Å². The molecule has 4 heteroatoms. The van der Waals surface area contributed by atoms with E-state index in [-0.39, 0.29) is 0 Å². The molecule has 88 valence electrons. The summed E-state index contributed by atoms with van der Waals surface area (Å²) in [7, 11) is 0. The van der Waals surface area contributed by atoms with Crippen molar-refractivity contribution in [1.82, 2.24) is 4.90 Å². The maximum absolute atomic E-state index is 10.1. The molecular weight excluding hydrogens is 204 g/mol. The Morgan fingerprint density at radius 2 is 2.12 bits per heavy atom. The summed E-state index contributed by atoms with van der Waals surface area (Å²) in [4.78, 5) is 2.21. The first-order valence-electron chi connectivity index (χ1n) is 5.59. The van der Waals surface area contributed by atoms with Crippen molar-refractivity contribution in [3.8, 4) is 0 Å². The lowest BCUT2D eigenvalue weighted by molar-refractivity contribution is 0.0143. The molecule has 3 N–H and O–H groups in total. The van der Waals surface area contributed by atoms with Crippen LogP contribution >= 0.6 is 0 Å². The Morgan fingerprint density at radius 3 is 2.81 bits per heavy atom. The van der Waals surface area contributed by atoms with Gasteiger partial charge < -0.3 is 15.6 Å². The maximum atomic E-state index is 10.1. The molecule has 1 aromatic carbocycles. The van der Waals surface area contributed by atoms with Gasteiger partial charge in [0.15, 0.2) is 0 Å². The van der Waals surface area contributed by atoms with Crippen LogP contribution in [0.25, 0.3) is 0 Å². The van der Waals surface area contributed by atoms with E-state index in [1.807, 2.05) is 24.3 Å². The predicted octanol–water partition coefficient (Wildman–Crippen LogP) is 0.634. The number of nitrogen functional groups attached to an aromatic ring is 1. The van der Waals surface area contributed by atoms with Gasteiger partial charge >= 0.3 is 0 Å². The number of nitrogens with zero attached hydrogens (tertiary/aromatic N) is 1. The normalized spacial score (nSPS) is 19.6. The third kappa shape index (κ3) is 2.95. The third-order valence-corrected chi connectivity index (χ3v) is 2.83. The van der Waals surface area contributed by atoms with Crippen molar-refractivity contribution in [2.24, 2.45) is 0 Å². The van der Waals surface area contributed by atoms with Gasteiger partial charge in [0.2, 0.25) is 0 Å². The number of benzene rings is 1. The average Bonchev–Trinajstić information content (AvgIpc) is 2.30. The summed E-state index contributed by atoms with van der Waals surface area (Å²) in [5.41, 5.74) is 7.26. The fourth-order valence-corrected chi connectivity index (χ4v) is 1.90. The van der Waals surface area contributed by atoms with Crippen LogP contribution in [0.3, 0.4) is 0 Å².